The van der Waals surface area contributed by atoms with Crippen LogP contribution in [0.4, 0.5) is 17.1 Å². The van der Waals surface area contributed by atoms with Crippen LogP contribution >= 0.6 is 0 Å². The maximum Gasteiger partial charge on any atom is 0.200 e. The Hall–Kier alpha value is -5.38. The Morgan fingerprint density at radius 1 is 0.595 bits per heavy atom. The molecule has 5 rings (SSSR count). The molecule has 1 aliphatic rings. The van der Waals surface area contributed by atoms with Crippen LogP contribution in [-0.4, -0.2) is 49.2 Å². The van der Waals surface area contributed by atoms with E-state index in [0.717, 1.165) is 0 Å². The number of phenols is 5. The van der Waals surface area contributed by atoms with E-state index in [4.69, 9.17) is 5.73 Å². The molecule has 2 unspecified atom stereocenters. The molecule has 4 aromatic rings. The van der Waals surface area contributed by atoms with Crippen molar-refractivity contribution in [1.82, 2.24) is 0 Å². The second-order valence-electron chi connectivity index (χ2n) is 10.6. The van der Waals surface area contributed by atoms with Gasteiger partial charge in [0.15, 0.2) is 11.6 Å². The molecule has 216 valence electrons. The highest BCUT2D eigenvalue weighted by molar-refractivity contribution is 6.34. The minimum absolute atomic E-state index is 0.00130. The molecule has 10 nitrogen and oxygen atoms in total. The first-order chi connectivity index (χ1) is 19.9. The molecule has 1 aliphatic carbocycles. The summed E-state index contributed by atoms with van der Waals surface area (Å²) in [6.45, 7) is 3.65. The average Bonchev–Trinajstić information content (AvgIpc) is 2.93. The van der Waals surface area contributed by atoms with Crippen molar-refractivity contribution in [2.45, 2.75) is 38.8 Å². The van der Waals surface area contributed by atoms with Crippen molar-refractivity contribution in [2.75, 3.05) is 16.4 Å². The van der Waals surface area contributed by atoms with Gasteiger partial charge in [-0.2, -0.15) is 0 Å². The summed E-state index contributed by atoms with van der Waals surface area (Å²) in [5, 5.41) is 57.2. The van der Waals surface area contributed by atoms with Gasteiger partial charge in [0.25, 0.3) is 0 Å². The quantitative estimate of drug-likeness (QED) is 0.0965. The van der Waals surface area contributed by atoms with E-state index in [9.17, 15) is 35.1 Å². The van der Waals surface area contributed by atoms with Crippen LogP contribution in [0.2, 0.25) is 0 Å². The lowest BCUT2D eigenvalue weighted by atomic mass is 9.80. The molecule has 0 spiro atoms. The molecule has 0 aromatic heterocycles. The maximum absolute atomic E-state index is 14.0. The number of hydrogen-bond donors (Lipinski definition) is 8. The van der Waals surface area contributed by atoms with E-state index in [1.807, 2.05) is 13.8 Å². The van der Waals surface area contributed by atoms with Crippen LogP contribution < -0.4 is 16.4 Å². The van der Waals surface area contributed by atoms with E-state index in [1.54, 1.807) is 12.1 Å². The summed E-state index contributed by atoms with van der Waals surface area (Å²) < 4.78 is 0. The van der Waals surface area contributed by atoms with Gasteiger partial charge in [-0.05, 0) is 98.5 Å². The topological polar surface area (TPSA) is 185 Å². The summed E-state index contributed by atoms with van der Waals surface area (Å²) in [6.07, 6.45) is 0.581. The van der Waals surface area contributed by atoms with Crippen LogP contribution in [0.1, 0.15) is 56.8 Å². The summed E-state index contributed by atoms with van der Waals surface area (Å²) in [6, 6.07) is 13.7. The van der Waals surface area contributed by atoms with Gasteiger partial charge in [-0.1, -0.05) is 0 Å². The predicted molar refractivity (Wildman–Crippen MR) is 159 cm³/mol. The van der Waals surface area contributed by atoms with E-state index < -0.39 is 11.6 Å². The summed E-state index contributed by atoms with van der Waals surface area (Å²) in [5.41, 5.74) is 7.73. The van der Waals surface area contributed by atoms with Gasteiger partial charge in [0.2, 0.25) is 0 Å². The molecule has 10 heteroatoms. The van der Waals surface area contributed by atoms with E-state index >= 15 is 0 Å². The Balaban J connectivity index is 1.54. The van der Waals surface area contributed by atoms with Crippen LogP contribution in [-0.2, 0) is 12.8 Å². The van der Waals surface area contributed by atoms with Crippen molar-refractivity contribution < 1.29 is 35.1 Å². The molecule has 4 aromatic carbocycles. The predicted octanol–water partition coefficient (Wildman–Crippen LogP) is 4.66. The van der Waals surface area contributed by atoms with Gasteiger partial charge in [0.05, 0.1) is 22.3 Å². The van der Waals surface area contributed by atoms with Crippen LogP contribution in [0, 0.1) is 0 Å². The average molecular weight is 570 g/mol. The first-order valence-electron chi connectivity index (χ1n) is 13.4. The van der Waals surface area contributed by atoms with Crippen LogP contribution in [0.15, 0.2) is 60.7 Å². The van der Waals surface area contributed by atoms with Crippen LogP contribution in [0.25, 0.3) is 0 Å². The zero-order valence-corrected chi connectivity index (χ0v) is 23.0. The molecule has 0 bridgehead atoms. The van der Waals surface area contributed by atoms with Gasteiger partial charge in [-0.15, -0.1) is 0 Å². The van der Waals surface area contributed by atoms with Gasteiger partial charge in [0.1, 0.15) is 28.7 Å². The third-order valence-corrected chi connectivity index (χ3v) is 7.31. The zero-order chi connectivity index (χ0) is 30.3. The fourth-order valence-corrected chi connectivity index (χ4v) is 5.41. The third kappa shape index (κ3) is 5.22. The van der Waals surface area contributed by atoms with Crippen molar-refractivity contribution in [3.8, 4) is 28.7 Å². The minimum atomic E-state index is -0.582. The number of nitrogen functional groups attached to an aromatic ring is 1. The Bertz CT molecular complexity index is 1610. The van der Waals surface area contributed by atoms with Gasteiger partial charge in [-0.25, -0.2) is 0 Å². The Morgan fingerprint density at radius 2 is 1.02 bits per heavy atom. The molecule has 0 amide bonds. The largest absolute Gasteiger partial charge is 0.508 e. The zero-order valence-electron chi connectivity index (χ0n) is 23.0. The number of rotatable bonds is 8. The highest BCUT2D eigenvalue weighted by Crippen LogP contribution is 2.42. The molecule has 0 radical (unpaired) electrons. The summed E-state index contributed by atoms with van der Waals surface area (Å²) in [7, 11) is 0. The molecule has 0 aliphatic heterocycles. The fraction of sp³-hybridized carbons (Fsp3) is 0.188. The lowest BCUT2D eigenvalue weighted by Gasteiger charge is -2.27. The molecular weight excluding hydrogens is 538 g/mol. The molecule has 9 N–H and O–H groups in total. The SMILES string of the molecule is CC(Cc1cc(O)ccc1O)Nc1ccc(NC(C)Cc2cc(O)ccc2O)c2c1C(=O)c1c(N)ccc(O)c1C2=O. The van der Waals surface area contributed by atoms with Crippen molar-refractivity contribution in [3.63, 3.8) is 0 Å². The number of nitrogens with one attached hydrogen (secondary N) is 2. The number of nitrogens with two attached hydrogens (primary N) is 1. The molecule has 42 heavy (non-hydrogen) atoms. The second kappa shape index (κ2) is 10.9. The summed E-state index contributed by atoms with van der Waals surface area (Å²) >= 11 is 0. The highest BCUT2D eigenvalue weighted by Gasteiger charge is 2.38. The number of carbonyl (C=O) groups is 2. The van der Waals surface area contributed by atoms with E-state index in [2.05, 4.69) is 10.6 Å². The number of hydrogen-bond acceptors (Lipinski definition) is 10. The monoisotopic (exact) mass is 569 g/mol. The second-order valence-corrected chi connectivity index (χ2v) is 10.6. The Kier molecular flexibility index (Phi) is 7.30. The first kappa shape index (κ1) is 28.2. The lowest BCUT2D eigenvalue weighted by molar-refractivity contribution is 0.0978. The fourth-order valence-electron chi connectivity index (χ4n) is 5.41. The van der Waals surface area contributed by atoms with Gasteiger partial charge in [-0.3, -0.25) is 9.59 Å². The van der Waals surface area contributed by atoms with Gasteiger partial charge >= 0.3 is 0 Å². The van der Waals surface area contributed by atoms with Crippen molar-refractivity contribution in [2.24, 2.45) is 0 Å². The Morgan fingerprint density at radius 3 is 1.50 bits per heavy atom. The van der Waals surface area contributed by atoms with Crippen LogP contribution in [0.3, 0.4) is 0 Å². The first-order valence-corrected chi connectivity index (χ1v) is 13.4. The number of aromatic hydroxyl groups is 5. The van der Waals surface area contributed by atoms with Gasteiger partial charge in [0, 0.05) is 29.1 Å². The maximum atomic E-state index is 14.0. The normalized spacial score (nSPS) is 13.7. The Labute approximate surface area is 241 Å². The number of fused-ring (bicyclic) bond motifs is 2. The van der Waals surface area contributed by atoms with Gasteiger partial charge < -0.3 is 41.9 Å². The molecule has 0 saturated carbocycles. The molecule has 2 atom stereocenters. The van der Waals surface area contributed by atoms with Crippen molar-refractivity contribution in [3.05, 3.63) is 94.0 Å². The number of anilines is 3. The number of benzene rings is 4. The van der Waals surface area contributed by atoms with Crippen molar-refractivity contribution >= 4 is 28.6 Å². The lowest BCUT2D eigenvalue weighted by Crippen LogP contribution is -2.29. The van der Waals surface area contributed by atoms with Crippen molar-refractivity contribution in [1.29, 1.82) is 0 Å². The van der Waals surface area contributed by atoms with E-state index in [0.29, 0.717) is 28.9 Å². The highest BCUT2D eigenvalue weighted by atomic mass is 16.3. The smallest absolute Gasteiger partial charge is 0.200 e. The molecule has 0 heterocycles. The van der Waals surface area contributed by atoms with E-state index in [-0.39, 0.29) is 75.2 Å². The summed E-state index contributed by atoms with van der Waals surface area (Å²) in [5.74, 6) is -1.46. The molecular formula is C32H31N3O7. The third-order valence-electron chi connectivity index (χ3n) is 7.31. The molecule has 0 saturated heterocycles. The minimum Gasteiger partial charge on any atom is -0.508 e. The number of carbonyl (C=O) groups excluding carboxylic acids is 2. The summed E-state index contributed by atoms with van der Waals surface area (Å²) in [4.78, 5) is 27.9. The van der Waals surface area contributed by atoms with Crippen LogP contribution in [0.5, 0.6) is 28.7 Å². The van der Waals surface area contributed by atoms with E-state index in [1.165, 1.54) is 48.5 Å². The standard InChI is InChI=1S/C32H31N3O7/c1-15(11-17-13-19(36)3-8-24(17)38)34-22-6-7-23(35-16(2)12-18-14-20(37)4-9-25(18)39)29-28(22)31(41)27-21(33)5-10-26(40)30(27)32(29)42/h3-10,13-16,34-40H,11-12,33H2,1-2H3. The number of ketones is 2. The molecule has 0 fully saturated rings. The number of phenolic OH excluding ortho intramolecular Hbond substituents is 5.